The third-order valence-electron chi connectivity index (χ3n) is 4.65. The lowest BCUT2D eigenvalue weighted by Crippen LogP contribution is -2.38. The third-order valence-corrected chi connectivity index (χ3v) is 4.65. The average molecular weight is 573 g/mol. The van der Waals surface area contributed by atoms with E-state index in [-0.39, 0.29) is 47.9 Å². The van der Waals surface area contributed by atoms with Gasteiger partial charge in [0.1, 0.15) is 5.75 Å². The molecule has 2 N–H and O–H groups in total. The predicted octanol–water partition coefficient (Wildman–Crippen LogP) is 4.61. The number of nitrogens with zero attached hydrogens (tertiary/aromatic N) is 1. The van der Waals surface area contributed by atoms with Gasteiger partial charge in [0, 0.05) is 32.2 Å². The molecule has 0 bridgehead atoms. The molecule has 0 spiro atoms. The molecule has 1 aromatic carbocycles. The molecule has 0 amide bonds. The van der Waals surface area contributed by atoms with Crippen molar-refractivity contribution >= 4 is 29.9 Å². The van der Waals surface area contributed by atoms with Crippen molar-refractivity contribution in [2.45, 2.75) is 52.4 Å². The maximum Gasteiger partial charge on any atom is 0.416 e. The second-order valence-corrected chi connectivity index (χ2v) is 7.76. The molecule has 0 aromatic heterocycles. The highest BCUT2D eigenvalue weighted by molar-refractivity contribution is 14.0. The number of guanidine groups is 1. The van der Waals surface area contributed by atoms with E-state index >= 15 is 0 Å². The lowest BCUT2D eigenvalue weighted by atomic mass is 10.1. The summed E-state index contributed by atoms with van der Waals surface area (Å²) in [7, 11) is 0. The molecule has 10 heteroatoms. The molecule has 32 heavy (non-hydrogen) atoms. The Kier molecular flexibility index (Phi) is 13.3. The van der Waals surface area contributed by atoms with Gasteiger partial charge in [-0.15, -0.1) is 24.0 Å². The molecule has 0 aliphatic carbocycles. The molecular formula is C22H35F3IN3O3. The van der Waals surface area contributed by atoms with E-state index < -0.39 is 11.7 Å². The monoisotopic (exact) mass is 573 g/mol. The van der Waals surface area contributed by atoms with Gasteiger partial charge in [-0.1, -0.05) is 6.07 Å². The Morgan fingerprint density at radius 1 is 1.28 bits per heavy atom. The lowest BCUT2D eigenvalue weighted by molar-refractivity contribution is -0.138. The van der Waals surface area contributed by atoms with E-state index in [4.69, 9.17) is 14.2 Å². The minimum atomic E-state index is -4.48. The van der Waals surface area contributed by atoms with Crippen LogP contribution >= 0.6 is 24.0 Å². The van der Waals surface area contributed by atoms with Crippen LogP contribution in [0.1, 0.15) is 44.7 Å². The van der Waals surface area contributed by atoms with Gasteiger partial charge in [-0.05, 0) is 51.3 Å². The van der Waals surface area contributed by atoms with Gasteiger partial charge >= 0.3 is 6.18 Å². The fourth-order valence-corrected chi connectivity index (χ4v) is 3.15. The van der Waals surface area contributed by atoms with Gasteiger partial charge in [0.25, 0.3) is 0 Å². The molecular weight excluding hydrogens is 538 g/mol. The Hall–Kier alpha value is -1.27. The highest BCUT2D eigenvalue weighted by Gasteiger charge is 2.33. The van der Waals surface area contributed by atoms with Crippen LogP contribution in [0.15, 0.2) is 23.2 Å². The first kappa shape index (κ1) is 28.8. The van der Waals surface area contributed by atoms with Crippen LogP contribution in [-0.4, -0.2) is 51.6 Å². The van der Waals surface area contributed by atoms with E-state index in [1.54, 1.807) is 19.9 Å². The Balaban J connectivity index is 0.00000512. The predicted molar refractivity (Wildman–Crippen MR) is 130 cm³/mol. The summed E-state index contributed by atoms with van der Waals surface area (Å²) in [6.45, 7) is 9.46. The quantitative estimate of drug-likeness (QED) is 0.175. The van der Waals surface area contributed by atoms with Crippen LogP contribution in [0, 0.1) is 5.92 Å². The number of benzene rings is 1. The Bertz CT molecular complexity index is 697. The first-order chi connectivity index (χ1) is 14.8. The molecule has 6 nitrogen and oxygen atoms in total. The van der Waals surface area contributed by atoms with Gasteiger partial charge in [-0.3, -0.25) is 0 Å². The molecule has 1 aromatic rings. The molecule has 0 saturated carbocycles. The summed E-state index contributed by atoms with van der Waals surface area (Å²) in [6.07, 6.45) is -2.87. The highest BCUT2D eigenvalue weighted by atomic mass is 127. The van der Waals surface area contributed by atoms with Crippen molar-refractivity contribution < 1.29 is 27.4 Å². The number of aliphatic imine (C=N–C) groups is 1. The molecule has 1 aliphatic heterocycles. The van der Waals surface area contributed by atoms with E-state index in [0.29, 0.717) is 38.2 Å². The van der Waals surface area contributed by atoms with Crippen LogP contribution in [0.4, 0.5) is 13.2 Å². The zero-order valence-electron chi connectivity index (χ0n) is 19.0. The van der Waals surface area contributed by atoms with Crippen LogP contribution in [0.2, 0.25) is 0 Å². The van der Waals surface area contributed by atoms with Crippen LogP contribution in [0.5, 0.6) is 5.75 Å². The molecule has 1 fully saturated rings. The van der Waals surface area contributed by atoms with E-state index in [0.717, 1.165) is 32.1 Å². The van der Waals surface area contributed by atoms with E-state index in [1.807, 2.05) is 6.92 Å². The molecule has 1 atom stereocenters. The van der Waals surface area contributed by atoms with E-state index in [1.165, 1.54) is 6.07 Å². The smallest absolute Gasteiger partial charge is 0.416 e. The summed E-state index contributed by atoms with van der Waals surface area (Å²) in [5.74, 6) is 1.15. The Morgan fingerprint density at radius 3 is 2.69 bits per heavy atom. The summed E-state index contributed by atoms with van der Waals surface area (Å²) >= 11 is 0. The normalized spacial score (nSPS) is 16.7. The SMILES string of the molecule is CCNC(=NCc1ccc(OC(C)C)cc1C(F)(F)F)NCCCOCC1CCOC1.I. The topological polar surface area (TPSA) is 64.1 Å². The van der Waals surface area contributed by atoms with Gasteiger partial charge in [-0.25, -0.2) is 4.99 Å². The van der Waals surface area contributed by atoms with Crippen molar-refractivity contribution in [3.63, 3.8) is 0 Å². The molecule has 2 rings (SSSR count). The maximum absolute atomic E-state index is 13.5. The summed E-state index contributed by atoms with van der Waals surface area (Å²) < 4.78 is 56.9. The molecule has 1 aliphatic rings. The molecule has 184 valence electrons. The van der Waals surface area contributed by atoms with Crippen molar-refractivity contribution in [1.29, 1.82) is 0 Å². The number of hydrogen-bond donors (Lipinski definition) is 2. The number of ether oxygens (including phenoxy) is 3. The first-order valence-corrected chi connectivity index (χ1v) is 10.8. The van der Waals surface area contributed by atoms with Gasteiger partial charge in [0.05, 0.1) is 31.4 Å². The minimum absolute atomic E-state index is 0. The first-order valence-electron chi connectivity index (χ1n) is 10.8. The maximum atomic E-state index is 13.5. The summed E-state index contributed by atoms with van der Waals surface area (Å²) in [5, 5.41) is 6.20. The summed E-state index contributed by atoms with van der Waals surface area (Å²) in [6, 6.07) is 4.01. The van der Waals surface area contributed by atoms with E-state index in [2.05, 4.69) is 15.6 Å². The van der Waals surface area contributed by atoms with Crippen molar-refractivity contribution in [2.75, 3.05) is 39.5 Å². The van der Waals surface area contributed by atoms with Crippen LogP contribution < -0.4 is 15.4 Å². The number of halogens is 4. The van der Waals surface area contributed by atoms with Crippen molar-refractivity contribution in [2.24, 2.45) is 10.9 Å². The molecule has 0 radical (unpaired) electrons. The molecule has 1 unspecified atom stereocenters. The highest BCUT2D eigenvalue weighted by Crippen LogP contribution is 2.35. The number of alkyl halides is 3. The zero-order chi connectivity index (χ0) is 22.7. The number of hydrogen-bond acceptors (Lipinski definition) is 4. The molecule has 1 saturated heterocycles. The number of nitrogens with one attached hydrogen (secondary N) is 2. The summed E-state index contributed by atoms with van der Waals surface area (Å²) in [4.78, 5) is 4.33. The Labute approximate surface area is 205 Å². The van der Waals surface area contributed by atoms with Crippen LogP contribution in [0.25, 0.3) is 0 Å². The van der Waals surface area contributed by atoms with Crippen molar-refractivity contribution in [1.82, 2.24) is 10.6 Å². The second-order valence-electron chi connectivity index (χ2n) is 7.76. The fourth-order valence-electron chi connectivity index (χ4n) is 3.15. The van der Waals surface area contributed by atoms with Crippen molar-refractivity contribution in [3.05, 3.63) is 29.3 Å². The van der Waals surface area contributed by atoms with Crippen molar-refractivity contribution in [3.8, 4) is 5.75 Å². The van der Waals surface area contributed by atoms with Gasteiger partial charge in [0.2, 0.25) is 0 Å². The molecule has 1 heterocycles. The van der Waals surface area contributed by atoms with Gasteiger partial charge in [-0.2, -0.15) is 13.2 Å². The number of rotatable bonds is 11. The fraction of sp³-hybridized carbons (Fsp3) is 0.682. The van der Waals surface area contributed by atoms with Crippen LogP contribution in [0.3, 0.4) is 0 Å². The third kappa shape index (κ3) is 10.6. The van der Waals surface area contributed by atoms with E-state index in [9.17, 15) is 13.2 Å². The second kappa shape index (κ2) is 14.8. The average Bonchev–Trinajstić information content (AvgIpc) is 3.21. The standard InChI is InChI=1S/C22H34F3N3O3.HI/c1-4-26-21(27-9-5-10-29-14-17-8-11-30-15-17)28-13-18-6-7-19(31-16(2)3)12-20(18)22(23,24)25;/h6-7,12,16-17H,4-5,8-11,13-15H2,1-3H3,(H2,26,27,28);1H. The zero-order valence-corrected chi connectivity index (χ0v) is 21.3. The lowest BCUT2D eigenvalue weighted by Gasteiger charge is -2.16. The van der Waals surface area contributed by atoms with Gasteiger partial charge in [0.15, 0.2) is 5.96 Å². The Morgan fingerprint density at radius 2 is 2.06 bits per heavy atom. The van der Waals surface area contributed by atoms with Gasteiger partial charge < -0.3 is 24.8 Å². The largest absolute Gasteiger partial charge is 0.491 e. The summed E-state index contributed by atoms with van der Waals surface area (Å²) in [5.41, 5.74) is -0.627. The van der Waals surface area contributed by atoms with Crippen LogP contribution in [-0.2, 0) is 22.2 Å². The minimum Gasteiger partial charge on any atom is -0.491 e.